The van der Waals surface area contributed by atoms with Gasteiger partial charge in [0, 0.05) is 12.0 Å². The number of nitrogens with one attached hydrogen (secondary N) is 1. The van der Waals surface area contributed by atoms with Gasteiger partial charge in [-0.3, -0.25) is 0 Å². The Hall–Kier alpha value is -2.31. The molecule has 2 aliphatic rings. The van der Waals surface area contributed by atoms with E-state index in [2.05, 4.69) is 10.4 Å². The summed E-state index contributed by atoms with van der Waals surface area (Å²) in [5, 5.41) is 8.11. The Labute approximate surface area is 176 Å². The topological polar surface area (TPSA) is 48.3 Å². The van der Waals surface area contributed by atoms with E-state index in [1.165, 1.54) is 36.8 Å². The summed E-state index contributed by atoms with van der Waals surface area (Å²) in [4.78, 5) is 0. The van der Waals surface area contributed by atoms with Gasteiger partial charge in [0.1, 0.15) is 11.9 Å². The summed E-state index contributed by atoms with van der Waals surface area (Å²) in [6.07, 6.45) is 6.16. The second kappa shape index (κ2) is 9.23. The van der Waals surface area contributed by atoms with Crippen molar-refractivity contribution in [1.29, 1.82) is 0 Å². The number of anilines is 1. The maximum Gasteiger partial charge on any atom is 0.260 e. The van der Waals surface area contributed by atoms with Gasteiger partial charge in [-0.1, -0.05) is 38.2 Å². The minimum atomic E-state index is -2.47. The summed E-state index contributed by atoms with van der Waals surface area (Å²) >= 11 is 0. The zero-order valence-electron chi connectivity index (χ0n) is 17.7. The molecule has 7 heteroatoms. The number of nitrogens with zero attached hydrogens (tertiary/aromatic N) is 2. The van der Waals surface area contributed by atoms with Crippen molar-refractivity contribution in [3.05, 3.63) is 35.5 Å². The molecule has 1 aliphatic carbocycles. The fourth-order valence-electron chi connectivity index (χ4n) is 4.80. The molecule has 0 amide bonds. The second-order valence-corrected chi connectivity index (χ2v) is 8.39. The van der Waals surface area contributed by atoms with Crippen LogP contribution in [0.1, 0.15) is 80.6 Å². The molecule has 164 valence electrons. The van der Waals surface area contributed by atoms with E-state index in [1.807, 2.05) is 24.3 Å². The SMILES string of the molecule is COc1ccc([C@@H]2CC(C(F)F)n3nc(C4CCCCCCC4)cc3N2)cc1OC. The molecule has 2 aromatic rings. The van der Waals surface area contributed by atoms with Gasteiger partial charge in [-0.25, -0.2) is 13.5 Å². The average molecular weight is 420 g/mol. The number of hydrogen-bond acceptors (Lipinski definition) is 4. The number of aromatic nitrogens is 2. The summed E-state index contributed by atoms with van der Waals surface area (Å²) in [6, 6.07) is 6.40. The van der Waals surface area contributed by atoms with Crippen LogP contribution < -0.4 is 14.8 Å². The Balaban J connectivity index is 1.62. The molecule has 1 N–H and O–H groups in total. The molecule has 4 rings (SSSR count). The van der Waals surface area contributed by atoms with Crippen LogP contribution in [0.3, 0.4) is 0 Å². The zero-order valence-corrected chi connectivity index (χ0v) is 17.7. The van der Waals surface area contributed by atoms with E-state index in [4.69, 9.17) is 9.47 Å². The van der Waals surface area contributed by atoms with Crippen molar-refractivity contribution in [3.8, 4) is 11.5 Å². The van der Waals surface area contributed by atoms with Crippen LogP contribution >= 0.6 is 0 Å². The predicted molar refractivity (Wildman–Crippen MR) is 113 cm³/mol. The minimum absolute atomic E-state index is 0.238. The van der Waals surface area contributed by atoms with Crippen molar-refractivity contribution in [1.82, 2.24) is 9.78 Å². The van der Waals surface area contributed by atoms with E-state index < -0.39 is 12.5 Å². The lowest BCUT2D eigenvalue weighted by atomic mass is 9.89. The summed E-state index contributed by atoms with van der Waals surface area (Å²) in [7, 11) is 3.16. The molecule has 2 heterocycles. The zero-order chi connectivity index (χ0) is 21.1. The first-order valence-electron chi connectivity index (χ1n) is 11.0. The van der Waals surface area contributed by atoms with Crippen LogP contribution in [0.25, 0.3) is 0 Å². The van der Waals surface area contributed by atoms with E-state index >= 15 is 0 Å². The highest BCUT2D eigenvalue weighted by atomic mass is 19.3. The highest BCUT2D eigenvalue weighted by Crippen LogP contribution is 2.42. The maximum atomic E-state index is 14.0. The smallest absolute Gasteiger partial charge is 0.260 e. The summed E-state index contributed by atoms with van der Waals surface area (Å²) in [6.45, 7) is 0. The molecular formula is C23H31F2N3O2. The van der Waals surface area contributed by atoms with Crippen molar-refractivity contribution in [2.24, 2.45) is 0 Å². The van der Waals surface area contributed by atoms with Crippen LogP contribution in [-0.4, -0.2) is 30.4 Å². The van der Waals surface area contributed by atoms with Gasteiger partial charge in [-0.15, -0.1) is 0 Å². The number of halogens is 2. The van der Waals surface area contributed by atoms with E-state index in [-0.39, 0.29) is 12.5 Å². The maximum absolute atomic E-state index is 14.0. The molecule has 1 aliphatic heterocycles. The number of alkyl halides is 2. The second-order valence-electron chi connectivity index (χ2n) is 8.39. The molecule has 1 aromatic heterocycles. The summed E-state index contributed by atoms with van der Waals surface area (Å²) in [5.41, 5.74) is 1.86. The van der Waals surface area contributed by atoms with Crippen LogP contribution in [0.15, 0.2) is 24.3 Å². The Morgan fingerprint density at radius 3 is 2.37 bits per heavy atom. The number of hydrogen-bond donors (Lipinski definition) is 1. The lowest BCUT2D eigenvalue weighted by Gasteiger charge is -2.32. The van der Waals surface area contributed by atoms with Gasteiger partial charge in [0.15, 0.2) is 11.5 Å². The van der Waals surface area contributed by atoms with Gasteiger partial charge < -0.3 is 14.8 Å². The van der Waals surface area contributed by atoms with E-state index in [9.17, 15) is 8.78 Å². The quantitative estimate of drug-likeness (QED) is 0.637. The van der Waals surface area contributed by atoms with Crippen molar-refractivity contribution in [3.63, 3.8) is 0 Å². The molecule has 0 spiro atoms. The fourth-order valence-corrected chi connectivity index (χ4v) is 4.80. The summed E-state index contributed by atoms with van der Waals surface area (Å²) < 4.78 is 40.2. The molecule has 5 nitrogen and oxygen atoms in total. The molecule has 0 radical (unpaired) electrons. The van der Waals surface area contributed by atoms with E-state index in [1.54, 1.807) is 14.2 Å². The van der Waals surface area contributed by atoms with Crippen molar-refractivity contribution < 1.29 is 18.3 Å². The lowest BCUT2D eigenvalue weighted by molar-refractivity contribution is 0.0655. The highest BCUT2D eigenvalue weighted by Gasteiger charge is 2.35. The Morgan fingerprint density at radius 1 is 1.00 bits per heavy atom. The lowest BCUT2D eigenvalue weighted by Crippen LogP contribution is -2.30. The van der Waals surface area contributed by atoms with Gasteiger partial charge in [-0.2, -0.15) is 5.10 Å². The van der Waals surface area contributed by atoms with Crippen molar-refractivity contribution in [2.45, 2.75) is 75.8 Å². The molecule has 0 bridgehead atoms. The monoisotopic (exact) mass is 419 g/mol. The number of methoxy groups -OCH3 is 2. The predicted octanol–water partition coefficient (Wildman–Crippen LogP) is 6.09. The first kappa shape index (κ1) is 20.9. The molecule has 1 saturated carbocycles. The van der Waals surface area contributed by atoms with Gasteiger partial charge in [0.2, 0.25) is 0 Å². The number of fused-ring (bicyclic) bond motifs is 1. The van der Waals surface area contributed by atoms with Gasteiger partial charge in [0.05, 0.1) is 26.0 Å². The standard InChI is InChI=1S/C23H31F2N3O2/c1-29-20-11-10-16(12-21(20)30-2)17-13-19(23(24)25)28-22(26-17)14-18(27-28)15-8-6-4-3-5-7-9-15/h10-12,14-15,17,19,23,26H,3-9,13H2,1-2H3/t17-,19?/m0/s1. The van der Waals surface area contributed by atoms with Crippen LogP contribution in [0.4, 0.5) is 14.6 Å². The number of benzene rings is 1. The average Bonchev–Trinajstić information content (AvgIpc) is 3.15. The Kier molecular flexibility index (Phi) is 6.44. The van der Waals surface area contributed by atoms with Crippen LogP contribution in [-0.2, 0) is 0 Å². The van der Waals surface area contributed by atoms with Crippen LogP contribution in [0.5, 0.6) is 11.5 Å². The summed E-state index contributed by atoms with van der Waals surface area (Å²) in [5.74, 6) is 2.27. The van der Waals surface area contributed by atoms with E-state index in [0.717, 1.165) is 24.1 Å². The normalized spacial score (nSPS) is 22.7. The fraction of sp³-hybridized carbons (Fsp3) is 0.609. The molecule has 30 heavy (non-hydrogen) atoms. The van der Waals surface area contributed by atoms with Crippen LogP contribution in [0, 0.1) is 0 Å². The number of rotatable bonds is 5. The van der Waals surface area contributed by atoms with Crippen molar-refractivity contribution in [2.75, 3.05) is 19.5 Å². The van der Waals surface area contributed by atoms with Crippen molar-refractivity contribution >= 4 is 5.82 Å². The number of ether oxygens (including phenoxy) is 2. The highest BCUT2D eigenvalue weighted by molar-refractivity contribution is 5.48. The molecule has 1 aromatic carbocycles. The minimum Gasteiger partial charge on any atom is -0.493 e. The molecule has 2 atom stereocenters. The molecular weight excluding hydrogens is 388 g/mol. The largest absolute Gasteiger partial charge is 0.493 e. The first-order valence-corrected chi connectivity index (χ1v) is 11.0. The van der Waals surface area contributed by atoms with Gasteiger partial charge in [0.25, 0.3) is 6.43 Å². The molecule has 0 saturated heterocycles. The molecule has 1 fully saturated rings. The third kappa shape index (κ3) is 4.25. The third-order valence-corrected chi connectivity index (χ3v) is 6.49. The first-order chi connectivity index (χ1) is 14.6. The Bertz CT molecular complexity index is 847. The third-order valence-electron chi connectivity index (χ3n) is 6.49. The van der Waals surface area contributed by atoms with Gasteiger partial charge >= 0.3 is 0 Å². The van der Waals surface area contributed by atoms with Gasteiger partial charge in [-0.05, 0) is 37.0 Å². The van der Waals surface area contributed by atoms with Crippen LogP contribution in [0.2, 0.25) is 0 Å². The van der Waals surface area contributed by atoms with E-state index in [0.29, 0.717) is 23.2 Å². The molecule has 1 unspecified atom stereocenters. The Morgan fingerprint density at radius 2 is 1.70 bits per heavy atom.